The number of rotatable bonds is 3. The first-order valence-electron chi connectivity index (χ1n) is 5.75. The van der Waals surface area contributed by atoms with Gasteiger partial charge in [0.25, 0.3) is 5.69 Å². The van der Waals surface area contributed by atoms with Crippen molar-refractivity contribution in [2.45, 2.75) is 13.0 Å². The summed E-state index contributed by atoms with van der Waals surface area (Å²) in [6, 6.07) is 5.10. The van der Waals surface area contributed by atoms with Gasteiger partial charge in [-0.25, -0.2) is 0 Å². The molecule has 92 valence electrons. The van der Waals surface area contributed by atoms with E-state index in [9.17, 15) is 10.1 Å². The molecule has 0 aliphatic carbocycles. The van der Waals surface area contributed by atoms with Gasteiger partial charge >= 0.3 is 0 Å². The fourth-order valence-corrected chi connectivity index (χ4v) is 2.43. The second kappa shape index (κ2) is 4.43. The molecule has 5 heteroatoms. The van der Waals surface area contributed by atoms with Crippen LogP contribution in [0.5, 0.6) is 0 Å². The Hall–Kier alpha value is -1.46. The number of aliphatic hydroxyl groups is 1. The van der Waals surface area contributed by atoms with Crippen molar-refractivity contribution in [3.63, 3.8) is 0 Å². The van der Waals surface area contributed by atoms with Gasteiger partial charge in [0.15, 0.2) is 0 Å². The van der Waals surface area contributed by atoms with Gasteiger partial charge in [0, 0.05) is 24.1 Å². The Labute approximate surface area is 100 Å². The third-order valence-corrected chi connectivity index (χ3v) is 3.51. The van der Waals surface area contributed by atoms with E-state index in [1.165, 1.54) is 5.56 Å². The molecule has 1 heterocycles. The highest BCUT2D eigenvalue weighted by atomic mass is 16.6. The van der Waals surface area contributed by atoms with Crippen molar-refractivity contribution < 1.29 is 14.5 Å². The van der Waals surface area contributed by atoms with Gasteiger partial charge in [0.05, 0.1) is 25.1 Å². The number of nitro groups is 1. The van der Waals surface area contributed by atoms with Gasteiger partial charge in [-0.15, -0.1) is 0 Å². The van der Waals surface area contributed by atoms with Crippen LogP contribution in [0.1, 0.15) is 11.1 Å². The number of likely N-dealkylation sites (N-methyl/N-ethyl adjacent to an activating group) is 1. The van der Waals surface area contributed by atoms with Gasteiger partial charge in [-0.05, 0) is 5.56 Å². The molecular formula is C12H17N2O3+. The lowest BCUT2D eigenvalue weighted by atomic mass is 9.97. The minimum absolute atomic E-state index is 0.154. The van der Waals surface area contributed by atoms with Crippen LogP contribution in [-0.4, -0.2) is 41.3 Å². The van der Waals surface area contributed by atoms with E-state index in [1.54, 1.807) is 12.1 Å². The lowest BCUT2D eigenvalue weighted by molar-refractivity contribution is -0.924. The molecular weight excluding hydrogens is 220 g/mol. The average molecular weight is 237 g/mol. The SMILES string of the molecule is C[N+]1(CCO)CCc2ccc([N+](=O)[O-])cc2C1. The number of quaternary nitrogens is 1. The van der Waals surface area contributed by atoms with Crippen LogP contribution in [0.4, 0.5) is 5.69 Å². The first-order chi connectivity index (χ1) is 8.04. The molecule has 1 aliphatic rings. The van der Waals surface area contributed by atoms with E-state index in [-0.39, 0.29) is 17.2 Å². The van der Waals surface area contributed by atoms with Gasteiger partial charge in [0.1, 0.15) is 13.1 Å². The molecule has 0 spiro atoms. The van der Waals surface area contributed by atoms with Crippen molar-refractivity contribution >= 4 is 5.69 Å². The summed E-state index contributed by atoms with van der Waals surface area (Å²) in [6.07, 6.45) is 0.920. The third kappa shape index (κ3) is 2.45. The van der Waals surface area contributed by atoms with E-state index >= 15 is 0 Å². The number of aliphatic hydroxyl groups excluding tert-OH is 1. The molecule has 0 bridgehead atoms. The summed E-state index contributed by atoms with van der Waals surface area (Å²) in [5.74, 6) is 0. The van der Waals surface area contributed by atoms with Gasteiger partial charge < -0.3 is 9.59 Å². The molecule has 0 amide bonds. The number of fused-ring (bicyclic) bond motifs is 1. The molecule has 1 aromatic rings. The number of benzene rings is 1. The van der Waals surface area contributed by atoms with E-state index in [0.29, 0.717) is 6.54 Å². The molecule has 1 unspecified atom stereocenters. The fraction of sp³-hybridized carbons (Fsp3) is 0.500. The van der Waals surface area contributed by atoms with Crippen LogP contribution in [0.25, 0.3) is 0 Å². The zero-order chi connectivity index (χ0) is 12.5. The largest absolute Gasteiger partial charge is 0.391 e. The third-order valence-electron chi connectivity index (χ3n) is 3.51. The summed E-state index contributed by atoms with van der Waals surface area (Å²) in [5, 5.41) is 19.8. The number of nitro benzene ring substituents is 1. The minimum Gasteiger partial charge on any atom is -0.391 e. The lowest BCUT2D eigenvalue weighted by Crippen LogP contribution is -2.49. The highest BCUT2D eigenvalue weighted by Crippen LogP contribution is 2.26. The van der Waals surface area contributed by atoms with Crippen LogP contribution in [0.3, 0.4) is 0 Å². The Morgan fingerprint density at radius 2 is 2.24 bits per heavy atom. The zero-order valence-corrected chi connectivity index (χ0v) is 9.93. The monoisotopic (exact) mass is 237 g/mol. The number of hydrogen-bond donors (Lipinski definition) is 1. The van der Waals surface area contributed by atoms with E-state index in [0.717, 1.165) is 29.6 Å². The van der Waals surface area contributed by atoms with Crippen molar-refractivity contribution in [3.05, 3.63) is 39.4 Å². The average Bonchev–Trinajstić information content (AvgIpc) is 2.27. The van der Waals surface area contributed by atoms with Crippen LogP contribution in [0.2, 0.25) is 0 Å². The summed E-state index contributed by atoms with van der Waals surface area (Å²) in [7, 11) is 2.08. The Kier molecular flexibility index (Phi) is 3.13. The van der Waals surface area contributed by atoms with Gasteiger partial charge in [-0.1, -0.05) is 6.07 Å². The fourth-order valence-electron chi connectivity index (χ4n) is 2.43. The molecule has 1 aliphatic heterocycles. The second-order valence-corrected chi connectivity index (χ2v) is 4.91. The normalized spacial score (nSPS) is 23.2. The van der Waals surface area contributed by atoms with E-state index in [2.05, 4.69) is 7.05 Å². The first-order valence-corrected chi connectivity index (χ1v) is 5.75. The molecule has 0 fully saturated rings. The van der Waals surface area contributed by atoms with Crippen LogP contribution in [0, 0.1) is 10.1 Å². The van der Waals surface area contributed by atoms with Crippen LogP contribution < -0.4 is 0 Å². The Morgan fingerprint density at radius 1 is 1.47 bits per heavy atom. The maximum absolute atomic E-state index is 10.7. The van der Waals surface area contributed by atoms with E-state index < -0.39 is 0 Å². The van der Waals surface area contributed by atoms with Crippen molar-refractivity contribution in [1.82, 2.24) is 0 Å². The summed E-state index contributed by atoms with van der Waals surface area (Å²) >= 11 is 0. The Balaban J connectivity index is 2.29. The topological polar surface area (TPSA) is 63.4 Å². The summed E-state index contributed by atoms with van der Waals surface area (Å²) in [4.78, 5) is 10.4. The van der Waals surface area contributed by atoms with Crippen molar-refractivity contribution in [3.8, 4) is 0 Å². The zero-order valence-electron chi connectivity index (χ0n) is 9.93. The number of nitrogens with zero attached hydrogens (tertiary/aromatic N) is 2. The molecule has 1 atom stereocenters. The Bertz CT molecular complexity index is 447. The minimum atomic E-state index is -0.356. The van der Waals surface area contributed by atoms with E-state index in [1.807, 2.05) is 6.07 Å². The molecule has 0 radical (unpaired) electrons. The van der Waals surface area contributed by atoms with Gasteiger partial charge in [-0.2, -0.15) is 0 Å². The number of non-ortho nitro benzene ring substituents is 1. The highest BCUT2D eigenvalue weighted by molar-refractivity contribution is 5.40. The molecule has 0 saturated carbocycles. The molecule has 17 heavy (non-hydrogen) atoms. The molecule has 5 nitrogen and oxygen atoms in total. The second-order valence-electron chi connectivity index (χ2n) is 4.91. The number of hydrogen-bond acceptors (Lipinski definition) is 3. The summed E-state index contributed by atoms with van der Waals surface area (Å²) in [5.41, 5.74) is 2.40. The first kappa shape index (κ1) is 12.0. The van der Waals surface area contributed by atoms with Gasteiger partial charge in [0.2, 0.25) is 0 Å². The molecule has 1 aromatic carbocycles. The summed E-state index contributed by atoms with van der Waals surface area (Å²) in [6.45, 7) is 2.59. The predicted octanol–water partition coefficient (Wildman–Crippen LogP) is 1.09. The van der Waals surface area contributed by atoms with Crippen molar-refractivity contribution in [2.75, 3.05) is 26.7 Å². The van der Waals surface area contributed by atoms with Crippen molar-refractivity contribution in [2.24, 2.45) is 0 Å². The lowest BCUT2D eigenvalue weighted by Gasteiger charge is -2.38. The maximum Gasteiger partial charge on any atom is 0.269 e. The molecule has 0 aromatic heterocycles. The van der Waals surface area contributed by atoms with Crippen LogP contribution >= 0.6 is 0 Å². The molecule has 0 saturated heterocycles. The Morgan fingerprint density at radius 3 is 2.88 bits per heavy atom. The summed E-state index contributed by atoms with van der Waals surface area (Å²) < 4.78 is 0.755. The molecule has 2 rings (SSSR count). The van der Waals surface area contributed by atoms with Crippen LogP contribution in [0.15, 0.2) is 18.2 Å². The smallest absolute Gasteiger partial charge is 0.269 e. The maximum atomic E-state index is 10.7. The quantitative estimate of drug-likeness (QED) is 0.486. The van der Waals surface area contributed by atoms with Crippen molar-refractivity contribution in [1.29, 1.82) is 0 Å². The van der Waals surface area contributed by atoms with E-state index in [4.69, 9.17) is 5.11 Å². The predicted molar refractivity (Wildman–Crippen MR) is 63.5 cm³/mol. The highest BCUT2D eigenvalue weighted by Gasteiger charge is 2.28. The van der Waals surface area contributed by atoms with Crippen LogP contribution in [-0.2, 0) is 13.0 Å². The standard InChI is InChI=1S/C12H17N2O3/c1-14(6-7-15)5-4-10-2-3-12(13(16)17)8-11(10)9-14/h2-3,8,15H,4-7,9H2,1H3/q+1. The molecule has 1 N–H and O–H groups in total. The van der Waals surface area contributed by atoms with Gasteiger partial charge in [-0.3, -0.25) is 10.1 Å².